The summed E-state index contributed by atoms with van der Waals surface area (Å²) in [6.45, 7) is 12.4. The third-order valence-corrected chi connectivity index (χ3v) is 9.47. The van der Waals surface area contributed by atoms with E-state index in [-0.39, 0.29) is 6.61 Å². The van der Waals surface area contributed by atoms with Gasteiger partial charge in [-0.15, -0.1) is 0 Å². The summed E-state index contributed by atoms with van der Waals surface area (Å²) in [5.41, 5.74) is 3.30. The van der Waals surface area contributed by atoms with Crippen LogP contribution in [0.4, 0.5) is 4.79 Å². The number of carbonyl (C=O) groups excluding carboxylic acids is 3. The molecule has 4 atom stereocenters. The maximum atomic E-state index is 13.9. The van der Waals surface area contributed by atoms with Crippen molar-refractivity contribution in [1.29, 1.82) is 0 Å². The number of hydrogen-bond acceptors (Lipinski definition) is 8. The molecule has 11 nitrogen and oxygen atoms in total. The fourth-order valence-electron chi connectivity index (χ4n) is 3.52. The van der Waals surface area contributed by atoms with Gasteiger partial charge >= 0.3 is 12.1 Å². The van der Waals surface area contributed by atoms with Gasteiger partial charge in [-0.25, -0.2) is 24.1 Å². The zero-order valence-corrected chi connectivity index (χ0v) is 26.5. The van der Waals surface area contributed by atoms with E-state index < -0.39 is 59.9 Å². The van der Waals surface area contributed by atoms with E-state index in [9.17, 15) is 18.6 Å². The van der Waals surface area contributed by atoms with Gasteiger partial charge in [0, 0.05) is 14.6 Å². The Morgan fingerprint density at radius 1 is 1.29 bits per heavy atom. The number of methoxy groups -OCH3 is 1. The molecular weight excluding hydrogens is 594 g/mol. The van der Waals surface area contributed by atoms with Crippen molar-refractivity contribution in [3.63, 3.8) is 0 Å². The zero-order chi connectivity index (χ0) is 28.7. The molecule has 0 unspecified atom stereocenters. The first kappa shape index (κ1) is 32.3. The Morgan fingerprint density at radius 3 is 2.55 bits per heavy atom. The molecule has 1 aromatic rings. The molecule has 1 saturated heterocycles. The molecule has 0 bridgehead atoms. The minimum atomic E-state index is -1.62. The maximum absolute atomic E-state index is 13.9. The molecule has 0 aliphatic carbocycles. The number of nitrogens with zero attached hydrogens (tertiary/aromatic N) is 2. The molecule has 1 aliphatic rings. The standard InChI is InChI=1S/C24H40BrN5O6SSi/c1-24(2,3)37(34)29-19(16-10-8-12-18(25)26-16)20(27-23(33)36-14-15-38(5,6)7)21(31)30-13-9-11-17(28-30)22(32)35-4/h8,10,12,17,19-20,28-29H,9,11,13-15H2,1-7H3,(H,27,33)/t17-,19+,20-,37-/m0/s1. The zero-order valence-electron chi connectivity index (χ0n) is 23.1. The van der Waals surface area contributed by atoms with E-state index in [1.807, 2.05) is 0 Å². The molecule has 1 aliphatic heterocycles. The highest BCUT2D eigenvalue weighted by Gasteiger charge is 2.40. The number of ether oxygens (including phenoxy) is 2. The number of nitrogens with one attached hydrogen (secondary N) is 3. The Morgan fingerprint density at radius 2 is 1.97 bits per heavy atom. The average Bonchev–Trinajstić information content (AvgIpc) is 2.83. The highest BCUT2D eigenvalue weighted by Crippen LogP contribution is 2.23. The number of hydrogen-bond donors (Lipinski definition) is 3. The number of amides is 2. The second kappa shape index (κ2) is 14.0. The number of carbonyl (C=O) groups is 3. The number of halogens is 1. The van der Waals surface area contributed by atoms with E-state index in [2.05, 4.69) is 56.0 Å². The Bertz CT molecular complexity index is 1020. The van der Waals surface area contributed by atoms with Crippen LogP contribution in [0.25, 0.3) is 0 Å². The highest BCUT2D eigenvalue weighted by atomic mass is 79.9. The van der Waals surface area contributed by atoms with Crippen LogP contribution in [0.5, 0.6) is 0 Å². The van der Waals surface area contributed by atoms with Crippen LogP contribution in [0, 0.1) is 0 Å². The third kappa shape index (κ3) is 10.0. The van der Waals surface area contributed by atoms with Crippen molar-refractivity contribution in [2.75, 3.05) is 20.3 Å². The SMILES string of the molecule is COC(=O)[C@@H]1CCCN(C(=O)[C@@H](NC(=O)OCC[Si](C)(C)C)[C@H](N[S@@](=O)C(C)(C)C)c2cccc(Br)n2)N1. The molecule has 3 N–H and O–H groups in total. The van der Waals surface area contributed by atoms with E-state index in [1.165, 1.54) is 12.1 Å². The number of aromatic nitrogens is 1. The van der Waals surface area contributed by atoms with Gasteiger partial charge < -0.3 is 14.8 Å². The van der Waals surface area contributed by atoms with E-state index in [1.54, 1.807) is 39.0 Å². The lowest BCUT2D eigenvalue weighted by Crippen LogP contribution is -2.62. The number of pyridine rings is 1. The topological polar surface area (TPSA) is 139 Å². The minimum Gasteiger partial charge on any atom is -0.468 e. The van der Waals surface area contributed by atoms with Gasteiger partial charge in [-0.2, -0.15) is 0 Å². The lowest BCUT2D eigenvalue weighted by atomic mass is 10.0. The number of alkyl carbamates (subject to hydrolysis) is 1. The maximum Gasteiger partial charge on any atom is 0.407 e. The predicted octanol–water partition coefficient (Wildman–Crippen LogP) is 3.04. The van der Waals surface area contributed by atoms with Crippen LogP contribution in [0.1, 0.15) is 45.3 Å². The van der Waals surface area contributed by atoms with Crippen molar-refractivity contribution >= 4 is 53.0 Å². The van der Waals surface area contributed by atoms with Crippen LogP contribution in [-0.4, -0.2) is 77.3 Å². The minimum absolute atomic E-state index is 0.218. The summed E-state index contributed by atoms with van der Waals surface area (Å²) in [4.78, 5) is 43.5. The van der Waals surface area contributed by atoms with Crippen molar-refractivity contribution in [1.82, 2.24) is 25.5 Å². The van der Waals surface area contributed by atoms with Crippen LogP contribution in [0.3, 0.4) is 0 Å². The quantitative estimate of drug-likeness (QED) is 0.203. The van der Waals surface area contributed by atoms with Gasteiger partial charge in [0.15, 0.2) is 0 Å². The molecule has 214 valence electrons. The van der Waals surface area contributed by atoms with Crippen molar-refractivity contribution in [2.24, 2.45) is 0 Å². The number of rotatable bonds is 10. The summed E-state index contributed by atoms with van der Waals surface area (Å²) in [6, 6.07) is 2.96. The first-order valence-electron chi connectivity index (χ1n) is 12.5. The average molecular weight is 635 g/mol. The van der Waals surface area contributed by atoms with Crippen LogP contribution in [0.15, 0.2) is 22.8 Å². The second-order valence-electron chi connectivity index (χ2n) is 11.3. The molecule has 1 aromatic heterocycles. The van der Waals surface area contributed by atoms with E-state index in [4.69, 9.17) is 9.47 Å². The Hall–Kier alpha value is -1.87. The highest BCUT2D eigenvalue weighted by molar-refractivity contribution is 9.10. The molecule has 1 fully saturated rings. The molecule has 38 heavy (non-hydrogen) atoms. The van der Waals surface area contributed by atoms with Gasteiger partial charge in [0.2, 0.25) is 0 Å². The van der Waals surface area contributed by atoms with Gasteiger partial charge in [-0.3, -0.25) is 14.6 Å². The van der Waals surface area contributed by atoms with E-state index in [0.717, 1.165) is 6.04 Å². The van der Waals surface area contributed by atoms with Gasteiger partial charge in [-0.05, 0) is 67.7 Å². The lowest BCUT2D eigenvalue weighted by molar-refractivity contribution is -0.150. The van der Waals surface area contributed by atoms with Crippen LogP contribution >= 0.6 is 15.9 Å². The number of esters is 1. The first-order chi connectivity index (χ1) is 17.6. The lowest BCUT2D eigenvalue weighted by Gasteiger charge is -2.37. The summed E-state index contributed by atoms with van der Waals surface area (Å²) in [5, 5.41) is 3.98. The smallest absolute Gasteiger partial charge is 0.407 e. The summed E-state index contributed by atoms with van der Waals surface area (Å²) in [6.07, 6.45) is 0.273. The summed E-state index contributed by atoms with van der Waals surface area (Å²) < 4.78 is 26.3. The summed E-state index contributed by atoms with van der Waals surface area (Å²) >= 11 is 3.35. The fraction of sp³-hybridized carbons (Fsp3) is 0.667. The molecule has 0 spiro atoms. The molecule has 2 amide bonds. The third-order valence-electron chi connectivity index (χ3n) is 5.74. The van der Waals surface area contributed by atoms with Gasteiger partial charge in [0.25, 0.3) is 5.91 Å². The molecule has 2 heterocycles. The largest absolute Gasteiger partial charge is 0.468 e. The van der Waals surface area contributed by atoms with Crippen molar-refractivity contribution in [3.8, 4) is 0 Å². The van der Waals surface area contributed by atoms with Gasteiger partial charge in [0.05, 0.1) is 41.2 Å². The molecule has 0 radical (unpaired) electrons. The molecule has 14 heteroatoms. The first-order valence-corrected chi connectivity index (χ1v) is 18.2. The van der Waals surface area contributed by atoms with E-state index >= 15 is 0 Å². The van der Waals surface area contributed by atoms with E-state index in [0.29, 0.717) is 29.7 Å². The Labute approximate surface area is 236 Å². The monoisotopic (exact) mass is 633 g/mol. The molecule has 0 saturated carbocycles. The van der Waals surface area contributed by atoms with Crippen LogP contribution in [0.2, 0.25) is 25.7 Å². The van der Waals surface area contributed by atoms with Crippen molar-refractivity contribution in [3.05, 3.63) is 28.5 Å². The predicted molar refractivity (Wildman–Crippen MR) is 152 cm³/mol. The molecule has 0 aromatic carbocycles. The molecule has 2 rings (SSSR count). The van der Waals surface area contributed by atoms with Crippen LogP contribution in [-0.2, 0) is 30.0 Å². The summed E-state index contributed by atoms with van der Waals surface area (Å²) in [5.74, 6) is -1.03. The van der Waals surface area contributed by atoms with Crippen LogP contribution < -0.4 is 15.5 Å². The molecular formula is C24H40BrN5O6SSi. The normalized spacial score (nSPS) is 18.7. The Kier molecular flexibility index (Phi) is 11.9. The number of hydrazine groups is 1. The van der Waals surface area contributed by atoms with Crippen molar-refractivity contribution in [2.45, 2.75) is 82.2 Å². The summed E-state index contributed by atoms with van der Waals surface area (Å²) in [7, 11) is -1.80. The van der Waals surface area contributed by atoms with Gasteiger partial charge in [0.1, 0.15) is 16.7 Å². The second-order valence-corrected chi connectivity index (χ2v) is 19.7. The Balaban J connectivity index is 2.43. The van der Waals surface area contributed by atoms with Gasteiger partial charge in [-0.1, -0.05) is 25.7 Å². The fourth-order valence-corrected chi connectivity index (χ4v) is 5.43. The van der Waals surface area contributed by atoms with Crippen molar-refractivity contribution < 1.29 is 28.1 Å².